The Hall–Kier alpha value is -4.32. The average molecular weight is 535 g/mol. The minimum Gasteiger partial charge on any atom is -0.457 e. The number of pyridine rings is 1. The van der Waals surface area contributed by atoms with Gasteiger partial charge < -0.3 is 25.4 Å². The lowest BCUT2D eigenvalue weighted by molar-refractivity contribution is 0.0288. The lowest BCUT2D eigenvalue weighted by Crippen LogP contribution is -2.35. The quantitative estimate of drug-likeness (QED) is 0.371. The molecule has 0 saturated carbocycles. The van der Waals surface area contributed by atoms with Crippen molar-refractivity contribution in [3.8, 4) is 22.8 Å². The van der Waals surface area contributed by atoms with Crippen molar-refractivity contribution in [2.45, 2.75) is 45.4 Å². The highest BCUT2D eigenvalue weighted by molar-refractivity contribution is 5.98. The largest absolute Gasteiger partial charge is 0.457 e. The van der Waals surface area contributed by atoms with Gasteiger partial charge in [0.25, 0.3) is 0 Å². The number of nitrogens with two attached hydrogens (primary N) is 1. The lowest BCUT2D eigenvalue weighted by atomic mass is 10.1. The number of nitrogen functional groups attached to an aromatic ring is 1. The van der Waals surface area contributed by atoms with Crippen LogP contribution in [0.4, 0.5) is 15.0 Å². The van der Waals surface area contributed by atoms with Crippen LogP contribution in [-0.4, -0.2) is 61.5 Å². The Morgan fingerprint density at radius 1 is 1.18 bits per heavy atom. The van der Waals surface area contributed by atoms with Crippen molar-refractivity contribution in [3.63, 3.8) is 0 Å². The highest BCUT2D eigenvalue weighted by Crippen LogP contribution is 2.36. The molecule has 0 radical (unpaired) electrons. The summed E-state index contributed by atoms with van der Waals surface area (Å²) in [4.78, 5) is 27.0. The van der Waals surface area contributed by atoms with Gasteiger partial charge in [0, 0.05) is 43.5 Å². The third kappa shape index (κ3) is 5.60. The molecule has 204 valence electrons. The molecule has 3 N–H and O–H groups in total. The maximum absolute atomic E-state index is 15.5. The smallest absolute Gasteiger partial charge is 0.410 e. The van der Waals surface area contributed by atoms with Crippen LogP contribution in [0.2, 0.25) is 0 Å². The van der Waals surface area contributed by atoms with Crippen LogP contribution in [0.25, 0.3) is 22.3 Å². The number of rotatable bonds is 6. The Kier molecular flexibility index (Phi) is 7.04. The van der Waals surface area contributed by atoms with E-state index in [-0.39, 0.29) is 23.5 Å². The number of aromatic nitrogens is 5. The second kappa shape index (κ2) is 10.4. The minimum absolute atomic E-state index is 0.188. The van der Waals surface area contributed by atoms with Gasteiger partial charge in [-0.15, -0.1) is 0 Å². The minimum atomic E-state index is -0.595. The molecular weight excluding hydrogens is 503 g/mol. The number of nitrogens with one attached hydrogen (secondary N) is 1. The Morgan fingerprint density at radius 3 is 2.72 bits per heavy atom. The molecule has 1 aliphatic rings. The zero-order valence-electron chi connectivity index (χ0n) is 22.3. The molecule has 39 heavy (non-hydrogen) atoms. The van der Waals surface area contributed by atoms with Crippen LogP contribution in [0.3, 0.4) is 0 Å². The van der Waals surface area contributed by atoms with Crippen LogP contribution in [0.5, 0.6) is 11.5 Å². The average Bonchev–Trinajstić information content (AvgIpc) is 3.50. The van der Waals surface area contributed by atoms with Crippen molar-refractivity contribution >= 4 is 22.9 Å². The van der Waals surface area contributed by atoms with Gasteiger partial charge in [-0.3, -0.25) is 4.98 Å². The molecule has 0 unspecified atom stereocenters. The summed E-state index contributed by atoms with van der Waals surface area (Å²) in [6.45, 7) is 6.95. The summed E-state index contributed by atoms with van der Waals surface area (Å²) in [6, 6.07) is 7.88. The third-order valence-electron chi connectivity index (χ3n) is 6.26. The van der Waals surface area contributed by atoms with Gasteiger partial charge >= 0.3 is 6.09 Å². The zero-order chi connectivity index (χ0) is 27.7. The van der Waals surface area contributed by atoms with E-state index in [1.54, 1.807) is 40.0 Å². The number of benzene rings is 1. The molecule has 1 saturated heterocycles. The second-order valence-corrected chi connectivity index (χ2v) is 10.4. The number of fused-ring (bicyclic) bond motifs is 1. The summed E-state index contributed by atoms with van der Waals surface area (Å²) in [6.07, 6.45) is 3.24. The number of hydrogen-bond acceptors (Lipinski definition) is 9. The number of hydrogen-bond donors (Lipinski definition) is 2. The van der Waals surface area contributed by atoms with E-state index in [2.05, 4.69) is 20.3 Å². The van der Waals surface area contributed by atoms with Crippen molar-refractivity contribution < 1.29 is 18.7 Å². The molecule has 5 rings (SSSR count). The highest BCUT2D eigenvalue weighted by Gasteiger charge is 2.33. The number of likely N-dealkylation sites (tertiary alicyclic amines) is 1. The fourth-order valence-electron chi connectivity index (χ4n) is 4.56. The first-order valence-corrected chi connectivity index (χ1v) is 12.7. The van der Waals surface area contributed by atoms with Crippen molar-refractivity contribution in [1.82, 2.24) is 34.9 Å². The van der Waals surface area contributed by atoms with E-state index in [4.69, 9.17) is 20.3 Å². The monoisotopic (exact) mass is 534 g/mol. The number of carbonyl (C=O) groups excluding carboxylic acids is 1. The number of nitrogens with zero attached hydrogens (tertiary/aromatic N) is 6. The van der Waals surface area contributed by atoms with Crippen LogP contribution in [0.1, 0.15) is 38.9 Å². The van der Waals surface area contributed by atoms with Gasteiger partial charge in [-0.25, -0.2) is 23.8 Å². The Bertz CT molecular complexity index is 1520. The number of amides is 1. The topological polar surface area (TPSA) is 133 Å². The van der Waals surface area contributed by atoms with Gasteiger partial charge in [0.2, 0.25) is 0 Å². The molecule has 0 aliphatic carbocycles. The standard InChI is InChI=1S/C27H31FN8O3/c1-27(2,3)39-26(37)35-10-8-17(14-35)36-25-22(24(29)32-15-33-25)23(34-36)20-6-5-18(12-21(20)28)38-19-7-9-31-16(11-19)13-30-4/h5-7,9,11-12,15,17,30H,8,10,13-14H2,1-4H3,(H2,29,32,33)/t17-/m1/s1. The van der Waals surface area contributed by atoms with Gasteiger partial charge in [-0.2, -0.15) is 5.10 Å². The van der Waals surface area contributed by atoms with E-state index >= 15 is 4.39 Å². The van der Waals surface area contributed by atoms with Crippen molar-refractivity contribution in [3.05, 3.63) is 54.4 Å². The van der Waals surface area contributed by atoms with Crippen molar-refractivity contribution in [2.24, 2.45) is 0 Å². The molecular formula is C27H31FN8O3. The Balaban J connectivity index is 1.44. The van der Waals surface area contributed by atoms with Gasteiger partial charge in [-0.1, -0.05) is 0 Å². The summed E-state index contributed by atoms with van der Waals surface area (Å²) in [7, 11) is 1.83. The lowest BCUT2D eigenvalue weighted by Gasteiger charge is -2.24. The van der Waals surface area contributed by atoms with Crippen LogP contribution >= 0.6 is 0 Å². The van der Waals surface area contributed by atoms with Gasteiger partial charge in [-0.05, 0) is 52.4 Å². The molecule has 4 heterocycles. The van der Waals surface area contributed by atoms with E-state index in [9.17, 15) is 4.79 Å². The van der Waals surface area contributed by atoms with Crippen LogP contribution < -0.4 is 15.8 Å². The second-order valence-electron chi connectivity index (χ2n) is 10.4. The summed E-state index contributed by atoms with van der Waals surface area (Å²) in [5.74, 6) is 0.533. The molecule has 1 amide bonds. The normalized spacial score (nSPS) is 15.6. The van der Waals surface area contributed by atoms with E-state index < -0.39 is 11.4 Å². The molecule has 3 aromatic heterocycles. The summed E-state index contributed by atoms with van der Waals surface area (Å²) < 4.78 is 28.6. The number of carbonyl (C=O) groups is 1. The first-order chi connectivity index (χ1) is 18.6. The molecule has 0 spiro atoms. The number of ether oxygens (including phenoxy) is 2. The molecule has 4 aromatic rings. The first kappa shape index (κ1) is 26.3. The van der Waals surface area contributed by atoms with E-state index in [0.29, 0.717) is 54.3 Å². The maximum atomic E-state index is 15.5. The Morgan fingerprint density at radius 2 is 1.97 bits per heavy atom. The first-order valence-electron chi connectivity index (χ1n) is 12.7. The van der Waals surface area contributed by atoms with Crippen molar-refractivity contribution in [1.29, 1.82) is 0 Å². The van der Waals surface area contributed by atoms with Gasteiger partial charge in [0.15, 0.2) is 5.65 Å². The predicted octanol–water partition coefficient (Wildman–Crippen LogP) is 4.30. The Labute approximate surface area is 225 Å². The van der Waals surface area contributed by atoms with Gasteiger partial charge in [0.05, 0.1) is 17.1 Å². The SMILES string of the molecule is CNCc1cc(Oc2ccc(-c3nn([C@@H]4CCN(C(=O)OC(C)(C)C)C4)c4ncnc(N)c34)c(F)c2)ccn1. The molecule has 1 fully saturated rings. The summed E-state index contributed by atoms with van der Waals surface area (Å²) >= 11 is 0. The predicted molar refractivity (Wildman–Crippen MR) is 144 cm³/mol. The fraction of sp³-hybridized carbons (Fsp3) is 0.370. The number of halogens is 1. The van der Waals surface area contributed by atoms with Crippen LogP contribution in [0.15, 0.2) is 42.9 Å². The van der Waals surface area contributed by atoms with E-state index in [1.807, 2.05) is 27.8 Å². The van der Waals surface area contributed by atoms with E-state index in [1.165, 1.54) is 12.4 Å². The molecule has 1 atom stereocenters. The molecule has 1 aliphatic heterocycles. The maximum Gasteiger partial charge on any atom is 0.410 e. The van der Waals surface area contributed by atoms with Gasteiger partial charge in [0.1, 0.15) is 40.8 Å². The fourth-order valence-corrected chi connectivity index (χ4v) is 4.56. The summed E-state index contributed by atoms with van der Waals surface area (Å²) in [5, 5.41) is 8.22. The molecule has 11 nitrogen and oxygen atoms in total. The molecule has 1 aromatic carbocycles. The third-order valence-corrected chi connectivity index (χ3v) is 6.26. The van der Waals surface area contributed by atoms with Crippen molar-refractivity contribution in [2.75, 3.05) is 25.9 Å². The van der Waals surface area contributed by atoms with Crippen LogP contribution in [0, 0.1) is 5.82 Å². The summed E-state index contributed by atoms with van der Waals surface area (Å²) in [5.41, 5.74) is 7.47. The molecule has 12 heteroatoms. The van der Waals surface area contributed by atoms with E-state index in [0.717, 1.165) is 5.69 Å². The highest BCUT2D eigenvalue weighted by atomic mass is 19.1. The number of anilines is 1. The zero-order valence-corrected chi connectivity index (χ0v) is 22.3. The molecule has 0 bridgehead atoms. The van der Waals surface area contributed by atoms with Crippen LogP contribution in [-0.2, 0) is 11.3 Å².